The van der Waals surface area contributed by atoms with Crippen LogP contribution in [0.15, 0.2) is 48.5 Å². The fraction of sp³-hybridized carbons (Fsp3) is 0.188. The average Bonchev–Trinajstić information content (AvgIpc) is 2.45. The van der Waals surface area contributed by atoms with Crippen LogP contribution < -0.4 is 10.6 Å². The molecule has 2 amide bonds. The lowest BCUT2D eigenvalue weighted by Gasteiger charge is -2.08. The summed E-state index contributed by atoms with van der Waals surface area (Å²) in [4.78, 5) is 11.7. The number of carbonyl (C=O) groups excluding carboxylic acids is 1. The molecule has 0 aliphatic rings. The van der Waals surface area contributed by atoms with Crippen LogP contribution in [0.4, 0.5) is 4.79 Å². The van der Waals surface area contributed by atoms with E-state index in [1.54, 1.807) is 0 Å². The van der Waals surface area contributed by atoms with E-state index < -0.39 is 0 Å². The van der Waals surface area contributed by atoms with Crippen molar-refractivity contribution in [3.8, 4) is 0 Å². The summed E-state index contributed by atoms with van der Waals surface area (Å²) in [5.41, 5.74) is 3.26. The Morgan fingerprint density at radius 2 is 1.65 bits per heavy atom. The summed E-state index contributed by atoms with van der Waals surface area (Å²) >= 11 is 5.89. The van der Waals surface area contributed by atoms with Gasteiger partial charge in [0.05, 0.1) is 0 Å². The number of hydrogen-bond donors (Lipinski definition) is 2. The molecule has 0 aliphatic carbocycles. The Morgan fingerprint density at radius 3 is 2.30 bits per heavy atom. The average molecular weight is 289 g/mol. The van der Waals surface area contributed by atoms with Crippen molar-refractivity contribution >= 4 is 17.6 Å². The molecule has 3 nitrogen and oxygen atoms in total. The second kappa shape index (κ2) is 6.96. The van der Waals surface area contributed by atoms with Crippen LogP contribution >= 0.6 is 11.6 Å². The van der Waals surface area contributed by atoms with Crippen LogP contribution in [-0.2, 0) is 13.1 Å². The smallest absolute Gasteiger partial charge is 0.315 e. The minimum atomic E-state index is -0.189. The number of aryl methyl sites for hydroxylation is 1. The van der Waals surface area contributed by atoms with Gasteiger partial charge in [0.1, 0.15) is 0 Å². The van der Waals surface area contributed by atoms with Crippen molar-refractivity contribution in [3.05, 3.63) is 70.2 Å². The summed E-state index contributed by atoms with van der Waals surface area (Å²) in [5.74, 6) is 0. The first-order valence-corrected chi connectivity index (χ1v) is 6.83. The molecule has 4 heteroatoms. The number of amides is 2. The molecule has 2 aromatic carbocycles. The first-order chi connectivity index (χ1) is 9.63. The molecule has 0 aromatic heterocycles. The Kier molecular flexibility index (Phi) is 5.02. The normalized spacial score (nSPS) is 10.1. The zero-order valence-corrected chi connectivity index (χ0v) is 12.1. The summed E-state index contributed by atoms with van der Waals surface area (Å²) in [6.45, 7) is 3.01. The van der Waals surface area contributed by atoms with Gasteiger partial charge in [-0.1, -0.05) is 53.6 Å². The van der Waals surface area contributed by atoms with Gasteiger partial charge < -0.3 is 10.6 Å². The molecule has 0 saturated carbocycles. The highest BCUT2D eigenvalue weighted by molar-refractivity contribution is 6.30. The van der Waals surface area contributed by atoms with Gasteiger partial charge in [0, 0.05) is 18.1 Å². The molecule has 0 aliphatic heterocycles. The molecule has 0 radical (unpaired) electrons. The van der Waals surface area contributed by atoms with Crippen LogP contribution in [-0.4, -0.2) is 6.03 Å². The van der Waals surface area contributed by atoms with E-state index in [2.05, 4.69) is 10.6 Å². The van der Waals surface area contributed by atoms with E-state index in [-0.39, 0.29) is 6.03 Å². The monoisotopic (exact) mass is 288 g/mol. The Bertz CT molecular complexity index is 581. The molecule has 2 rings (SSSR count). The van der Waals surface area contributed by atoms with Gasteiger partial charge in [-0.25, -0.2) is 4.79 Å². The number of nitrogens with one attached hydrogen (secondary N) is 2. The Hall–Kier alpha value is -2.00. The van der Waals surface area contributed by atoms with Crippen molar-refractivity contribution in [2.45, 2.75) is 20.0 Å². The summed E-state index contributed by atoms with van der Waals surface area (Å²) in [7, 11) is 0. The van der Waals surface area contributed by atoms with E-state index in [1.165, 1.54) is 5.56 Å². The summed E-state index contributed by atoms with van der Waals surface area (Å²) in [5, 5.41) is 6.29. The standard InChI is InChI=1S/C16H17ClN2O/c1-12-5-7-13(8-6-12)10-18-16(20)19-11-14-3-2-4-15(17)9-14/h2-9H,10-11H2,1H3,(H2,18,19,20). The van der Waals surface area contributed by atoms with Gasteiger partial charge >= 0.3 is 6.03 Å². The number of urea groups is 1. The minimum absolute atomic E-state index is 0.189. The van der Waals surface area contributed by atoms with E-state index >= 15 is 0 Å². The molecule has 20 heavy (non-hydrogen) atoms. The molecule has 2 aromatic rings. The van der Waals surface area contributed by atoms with Crippen LogP contribution in [0, 0.1) is 6.92 Å². The molecule has 0 atom stereocenters. The first kappa shape index (κ1) is 14.4. The molecule has 0 bridgehead atoms. The van der Waals surface area contributed by atoms with Crippen molar-refractivity contribution in [1.82, 2.24) is 10.6 Å². The Morgan fingerprint density at radius 1 is 1.00 bits per heavy atom. The Balaban J connectivity index is 1.77. The zero-order chi connectivity index (χ0) is 14.4. The van der Waals surface area contributed by atoms with E-state index in [9.17, 15) is 4.79 Å². The molecular formula is C16H17ClN2O. The van der Waals surface area contributed by atoms with Crippen LogP contribution in [0.3, 0.4) is 0 Å². The topological polar surface area (TPSA) is 41.1 Å². The molecule has 0 saturated heterocycles. The lowest BCUT2D eigenvalue weighted by atomic mass is 10.1. The molecule has 0 spiro atoms. The van der Waals surface area contributed by atoms with Crippen molar-refractivity contribution in [2.75, 3.05) is 0 Å². The van der Waals surface area contributed by atoms with Crippen molar-refractivity contribution in [2.24, 2.45) is 0 Å². The predicted octanol–water partition coefficient (Wildman–Crippen LogP) is 3.65. The lowest BCUT2D eigenvalue weighted by molar-refractivity contribution is 0.240. The van der Waals surface area contributed by atoms with Crippen molar-refractivity contribution in [3.63, 3.8) is 0 Å². The van der Waals surface area contributed by atoms with E-state index in [0.717, 1.165) is 11.1 Å². The first-order valence-electron chi connectivity index (χ1n) is 6.45. The molecule has 104 valence electrons. The highest BCUT2D eigenvalue weighted by Gasteiger charge is 2.01. The van der Waals surface area contributed by atoms with E-state index in [4.69, 9.17) is 11.6 Å². The van der Waals surface area contributed by atoms with Gasteiger partial charge in [0.25, 0.3) is 0 Å². The van der Waals surface area contributed by atoms with Crippen LogP contribution in [0.1, 0.15) is 16.7 Å². The fourth-order valence-electron chi connectivity index (χ4n) is 1.78. The summed E-state index contributed by atoms with van der Waals surface area (Å²) in [6, 6.07) is 15.3. The minimum Gasteiger partial charge on any atom is -0.334 e. The van der Waals surface area contributed by atoms with Crippen LogP contribution in [0.5, 0.6) is 0 Å². The van der Waals surface area contributed by atoms with Gasteiger partial charge in [-0.15, -0.1) is 0 Å². The van der Waals surface area contributed by atoms with E-state index in [0.29, 0.717) is 18.1 Å². The maximum Gasteiger partial charge on any atom is 0.315 e. The number of hydrogen-bond acceptors (Lipinski definition) is 1. The zero-order valence-electron chi connectivity index (χ0n) is 11.3. The molecular weight excluding hydrogens is 272 g/mol. The number of benzene rings is 2. The summed E-state index contributed by atoms with van der Waals surface area (Å²) in [6.07, 6.45) is 0. The van der Waals surface area contributed by atoms with Crippen molar-refractivity contribution in [1.29, 1.82) is 0 Å². The van der Waals surface area contributed by atoms with Gasteiger partial charge in [-0.3, -0.25) is 0 Å². The molecule has 0 unspecified atom stereocenters. The second-order valence-corrected chi connectivity index (χ2v) is 5.09. The van der Waals surface area contributed by atoms with Gasteiger partial charge in [0.15, 0.2) is 0 Å². The lowest BCUT2D eigenvalue weighted by Crippen LogP contribution is -2.34. The molecule has 0 heterocycles. The third-order valence-corrected chi connectivity index (χ3v) is 3.15. The largest absolute Gasteiger partial charge is 0.334 e. The van der Waals surface area contributed by atoms with Gasteiger partial charge in [-0.05, 0) is 30.2 Å². The third kappa shape index (κ3) is 4.59. The van der Waals surface area contributed by atoms with Gasteiger partial charge in [0.2, 0.25) is 0 Å². The fourth-order valence-corrected chi connectivity index (χ4v) is 1.99. The highest BCUT2D eigenvalue weighted by Crippen LogP contribution is 2.10. The number of halogens is 1. The maximum absolute atomic E-state index is 11.7. The number of rotatable bonds is 4. The number of carbonyl (C=O) groups is 1. The van der Waals surface area contributed by atoms with Crippen molar-refractivity contribution < 1.29 is 4.79 Å². The molecule has 2 N–H and O–H groups in total. The van der Waals surface area contributed by atoms with Gasteiger partial charge in [-0.2, -0.15) is 0 Å². The maximum atomic E-state index is 11.7. The third-order valence-electron chi connectivity index (χ3n) is 2.92. The SMILES string of the molecule is Cc1ccc(CNC(=O)NCc2cccc(Cl)c2)cc1. The summed E-state index contributed by atoms with van der Waals surface area (Å²) < 4.78 is 0. The highest BCUT2D eigenvalue weighted by atomic mass is 35.5. The Labute approximate surface area is 124 Å². The van der Waals surface area contributed by atoms with E-state index in [1.807, 2.05) is 55.5 Å². The molecule has 0 fully saturated rings. The van der Waals surface area contributed by atoms with Crippen LogP contribution in [0.2, 0.25) is 5.02 Å². The predicted molar refractivity (Wildman–Crippen MR) is 81.7 cm³/mol. The second-order valence-electron chi connectivity index (χ2n) is 4.65. The van der Waals surface area contributed by atoms with Crippen LogP contribution in [0.25, 0.3) is 0 Å². The quantitative estimate of drug-likeness (QED) is 0.886.